The fraction of sp³-hybridized carbons (Fsp3) is 0.400. The molecule has 50 valence electrons. The molecule has 1 unspecified atom stereocenters. The Morgan fingerprint density at radius 2 is 2.22 bits per heavy atom. The van der Waals surface area contributed by atoms with Crippen LogP contribution in [0.5, 0.6) is 0 Å². The first-order chi connectivity index (χ1) is 4.22. The van der Waals surface area contributed by atoms with E-state index < -0.39 is 0 Å². The lowest BCUT2D eigenvalue weighted by Gasteiger charge is -1.99. The molecule has 0 heterocycles. The van der Waals surface area contributed by atoms with Crippen molar-refractivity contribution < 1.29 is 0 Å². The van der Waals surface area contributed by atoms with Gasteiger partial charge in [0.15, 0.2) is 0 Å². The largest absolute Gasteiger partial charge is 0.387 e. The van der Waals surface area contributed by atoms with Crippen molar-refractivity contribution in [2.24, 2.45) is 16.6 Å². The highest BCUT2D eigenvalue weighted by Crippen LogP contribution is 1.86. The summed E-state index contributed by atoms with van der Waals surface area (Å²) in [5, 5.41) is 13.3. The van der Waals surface area contributed by atoms with Gasteiger partial charge in [-0.25, -0.2) is 4.99 Å². The van der Waals surface area contributed by atoms with E-state index in [9.17, 15) is 0 Å². The summed E-state index contributed by atoms with van der Waals surface area (Å²) in [7, 11) is 0. The van der Waals surface area contributed by atoms with Gasteiger partial charge < -0.3 is 11.1 Å². The molecule has 0 aromatic carbocycles. The molecule has 0 aromatic rings. The molecule has 0 aliphatic heterocycles. The van der Waals surface area contributed by atoms with Crippen molar-refractivity contribution in [3.8, 4) is 0 Å². The number of nitrogens with one attached hydrogen (secondary N) is 2. The molecule has 0 radical (unpaired) electrons. The molecule has 4 N–H and O–H groups in total. The van der Waals surface area contributed by atoms with Crippen LogP contribution in [-0.2, 0) is 0 Å². The maximum atomic E-state index is 6.76. The monoisotopic (exact) mass is 126 g/mol. The Bertz CT molecular complexity index is 138. The number of nitrogens with zero attached hydrogens (tertiary/aromatic N) is 1. The highest BCUT2D eigenvalue weighted by atomic mass is 14.9. The summed E-state index contributed by atoms with van der Waals surface area (Å²) in [6.45, 7) is 1.75. The smallest absolute Gasteiger partial charge is 0.109 e. The molecule has 0 rings (SSSR count). The molecule has 9 heavy (non-hydrogen) atoms. The number of nitrogens with two attached hydrogens (primary N) is 1. The number of rotatable bonds is 3. The molecule has 0 saturated heterocycles. The van der Waals surface area contributed by atoms with Crippen molar-refractivity contribution in [1.82, 2.24) is 0 Å². The molecular weight excluding hydrogens is 116 g/mol. The number of hydrogen-bond donors (Lipinski definition) is 3. The second-order valence-corrected chi connectivity index (χ2v) is 1.64. The lowest BCUT2D eigenvalue weighted by Crippen LogP contribution is -2.21. The molecule has 0 aliphatic rings. The van der Waals surface area contributed by atoms with Crippen LogP contribution in [0.15, 0.2) is 4.99 Å². The first kappa shape index (κ1) is 7.81. The van der Waals surface area contributed by atoms with E-state index in [-0.39, 0.29) is 5.92 Å². The SMILES string of the molecule is CC(C=N)C(N)=NC=N. The van der Waals surface area contributed by atoms with E-state index in [1.54, 1.807) is 6.92 Å². The Kier molecular flexibility index (Phi) is 3.27. The van der Waals surface area contributed by atoms with Gasteiger partial charge in [-0.15, -0.1) is 0 Å². The van der Waals surface area contributed by atoms with Gasteiger partial charge in [0.1, 0.15) is 12.2 Å². The van der Waals surface area contributed by atoms with E-state index in [2.05, 4.69) is 4.99 Å². The standard InChI is InChI=1S/C5H10N4/c1-4(2-6)5(8)9-3-7/h2-4,6H,1H3,(H3,7,8,9). The minimum Gasteiger partial charge on any atom is -0.387 e. The third-order valence-corrected chi connectivity index (χ3v) is 0.930. The van der Waals surface area contributed by atoms with Crippen LogP contribution in [0.25, 0.3) is 0 Å². The van der Waals surface area contributed by atoms with Crippen molar-refractivity contribution in [1.29, 1.82) is 10.8 Å². The van der Waals surface area contributed by atoms with Gasteiger partial charge in [0.05, 0.1) is 0 Å². The van der Waals surface area contributed by atoms with Gasteiger partial charge in [0, 0.05) is 12.1 Å². The van der Waals surface area contributed by atoms with E-state index in [1.807, 2.05) is 0 Å². The van der Waals surface area contributed by atoms with E-state index in [4.69, 9.17) is 16.6 Å². The van der Waals surface area contributed by atoms with Gasteiger partial charge in [0.25, 0.3) is 0 Å². The molecule has 0 amide bonds. The Labute approximate surface area is 53.8 Å². The molecule has 0 bridgehead atoms. The van der Waals surface area contributed by atoms with E-state index >= 15 is 0 Å². The highest BCUT2D eigenvalue weighted by Gasteiger charge is 1.99. The molecular formula is C5H10N4. The van der Waals surface area contributed by atoms with Gasteiger partial charge in [-0.3, -0.25) is 5.41 Å². The minimum absolute atomic E-state index is 0.161. The van der Waals surface area contributed by atoms with Gasteiger partial charge in [-0.2, -0.15) is 0 Å². The number of aliphatic imine (C=N–C) groups is 1. The third kappa shape index (κ3) is 2.58. The molecule has 4 nitrogen and oxygen atoms in total. The summed E-state index contributed by atoms with van der Waals surface area (Å²) in [4.78, 5) is 3.48. The number of hydrogen-bond acceptors (Lipinski definition) is 2. The predicted molar refractivity (Wildman–Crippen MR) is 38.4 cm³/mol. The Hall–Kier alpha value is -1.19. The normalized spacial score (nSPS) is 14.6. The van der Waals surface area contributed by atoms with Gasteiger partial charge in [-0.1, -0.05) is 6.92 Å². The Morgan fingerprint density at radius 3 is 2.56 bits per heavy atom. The van der Waals surface area contributed by atoms with Crippen molar-refractivity contribution >= 4 is 18.4 Å². The maximum Gasteiger partial charge on any atom is 0.109 e. The average molecular weight is 126 g/mol. The summed E-state index contributed by atoms with van der Waals surface area (Å²) in [6, 6.07) is 0. The van der Waals surface area contributed by atoms with Crippen LogP contribution in [0.4, 0.5) is 0 Å². The lowest BCUT2D eigenvalue weighted by atomic mass is 10.2. The summed E-state index contributed by atoms with van der Waals surface area (Å²) in [5.74, 6) is 0.145. The van der Waals surface area contributed by atoms with Gasteiger partial charge >= 0.3 is 0 Å². The quantitative estimate of drug-likeness (QED) is 0.367. The van der Waals surface area contributed by atoms with Crippen LogP contribution in [0.3, 0.4) is 0 Å². The fourth-order valence-electron chi connectivity index (χ4n) is 0.277. The zero-order valence-corrected chi connectivity index (χ0v) is 5.26. The van der Waals surface area contributed by atoms with Crippen LogP contribution in [0, 0.1) is 16.7 Å². The first-order valence-electron chi connectivity index (χ1n) is 2.55. The summed E-state index contributed by atoms with van der Waals surface area (Å²) < 4.78 is 0. The van der Waals surface area contributed by atoms with E-state index in [0.717, 1.165) is 6.34 Å². The van der Waals surface area contributed by atoms with Gasteiger partial charge in [-0.05, 0) is 0 Å². The van der Waals surface area contributed by atoms with Crippen LogP contribution in [0.1, 0.15) is 6.92 Å². The van der Waals surface area contributed by atoms with Crippen molar-refractivity contribution in [2.75, 3.05) is 0 Å². The Morgan fingerprint density at radius 1 is 1.67 bits per heavy atom. The van der Waals surface area contributed by atoms with Crippen LogP contribution in [-0.4, -0.2) is 18.4 Å². The zero-order valence-electron chi connectivity index (χ0n) is 5.26. The third-order valence-electron chi connectivity index (χ3n) is 0.930. The molecule has 4 heteroatoms. The summed E-state index contributed by atoms with van der Waals surface area (Å²) in [5.41, 5.74) is 5.29. The highest BCUT2D eigenvalue weighted by molar-refractivity contribution is 5.97. The van der Waals surface area contributed by atoms with Crippen LogP contribution >= 0.6 is 0 Å². The molecule has 0 aromatic heterocycles. The van der Waals surface area contributed by atoms with Crippen LogP contribution < -0.4 is 5.73 Å². The predicted octanol–water partition coefficient (Wildman–Crippen LogP) is 0.236. The fourth-order valence-corrected chi connectivity index (χ4v) is 0.277. The molecule has 1 atom stereocenters. The lowest BCUT2D eigenvalue weighted by molar-refractivity contribution is 1.06. The van der Waals surface area contributed by atoms with E-state index in [0.29, 0.717) is 5.84 Å². The van der Waals surface area contributed by atoms with Crippen LogP contribution in [0.2, 0.25) is 0 Å². The summed E-state index contributed by atoms with van der Waals surface area (Å²) in [6.07, 6.45) is 2.05. The average Bonchev–Trinajstić information content (AvgIpc) is 1.87. The number of amidine groups is 1. The van der Waals surface area contributed by atoms with E-state index in [1.165, 1.54) is 6.21 Å². The molecule has 0 saturated carbocycles. The Balaban J connectivity index is 3.99. The van der Waals surface area contributed by atoms with Gasteiger partial charge in [0.2, 0.25) is 0 Å². The minimum atomic E-state index is -0.161. The molecule has 0 fully saturated rings. The molecule has 0 aliphatic carbocycles. The summed E-state index contributed by atoms with van der Waals surface area (Å²) >= 11 is 0. The van der Waals surface area contributed by atoms with Crippen molar-refractivity contribution in [2.45, 2.75) is 6.92 Å². The topological polar surface area (TPSA) is 86.1 Å². The maximum absolute atomic E-state index is 6.76. The molecule has 0 spiro atoms. The second-order valence-electron chi connectivity index (χ2n) is 1.64. The van der Waals surface area contributed by atoms with Crippen molar-refractivity contribution in [3.05, 3.63) is 0 Å². The second kappa shape index (κ2) is 3.77. The van der Waals surface area contributed by atoms with Crippen molar-refractivity contribution in [3.63, 3.8) is 0 Å². The zero-order chi connectivity index (χ0) is 7.28. The first-order valence-corrected chi connectivity index (χ1v) is 2.55.